The Morgan fingerprint density at radius 3 is 2.28 bits per heavy atom. The van der Waals surface area contributed by atoms with Gasteiger partial charge in [0.25, 0.3) is 0 Å². The Bertz CT molecular complexity index is 366. The molecule has 0 aromatic heterocycles. The zero-order chi connectivity index (χ0) is 13.8. The number of anilines is 1. The molecular weight excluding hydrogens is 222 g/mol. The first-order chi connectivity index (χ1) is 8.36. The van der Waals surface area contributed by atoms with Crippen molar-refractivity contribution in [2.24, 2.45) is 11.8 Å². The lowest BCUT2D eigenvalue weighted by molar-refractivity contribution is 0.198. The summed E-state index contributed by atoms with van der Waals surface area (Å²) in [7, 11) is 0. The van der Waals surface area contributed by atoms with Gasteiger partial charge in [0.05, 0.1) is 0 Å². The second-order valence-corrected chi connectivity index (χ2v) is 6.36. The molecule has 0 saturated carbocycles. The predicted molar refractivity (Wildman–Crippen MR) is 79.0 cm³/mol. The molecule has 0 amide bonds. The van der Waals surface area contributed by atoms with Gasteiger partial charge in [0.1, 0.15) is 0 Å². The van der Waals surface area contributed by atoms with Crippen molar-refractivity contribution in [2.75, 3.05) is 18.5 Å². The van der Waals surface area contributed by atoms with Gasteiger partial charge in [0.15, 0.2) is 0 Å². The van der Waals surface area contributed by atoms with Crippen molar-refractivity contribution < 1.29 is 5.11 Å². The first-order valence-corrected chi connectivity index (χ1v) is 6.80. The summed E-state index contributed by atoms with van der Waals surface area (Å²) in [5, 5.41) is 12.9. The number of rotatable bonds is 5. The smallest absolute Gasteiger partial charge is 0.0478 e. The lowest BCUT2D eigenvalue weighted by Gasteiger charge is -2.25. The average Bonchev–Trinajstić information content (AvgIpc) is 2.28. The van der Waals surface area contributed by atoms with Gasteiger partial charge in [-0.2, -0.15) is 0 Å². The van der Waals surface area contributed by atoms with Crippen LogP contribution >= 0.6 is 0 Å². The van der Waals surface area contributed by atoms with Crippen LogP contribution < -0.4 is 5.32 Å². The van der Waals surface area contributed by atoms with Gasteiger partial charge >= 0.3 is 0 Å². The summed E-state index contributed by atoms with van der Waals surface area (Å²) >= 11 is 0. The molecule has 0 aliphatic carbocycles. The number of para-hydroxylation sites is 1. The second-order valence-electron chi connectivity index (χ2n) is 6.36. The normalized spacial score (nSPS) is 13.7. The molecule has 1 atom stereocenters. The van der Waals surface area contributed by atoms with Gasteiger partial charge in [0, 0.05) is 24.8 Å². The lowest BCUT2D eigenvalue weighted by atomic mass is 9.85. The Hall–Kier alpha value is -1.02. The van der Waals surface area contributed by atoms with Crippen LogP contribution in [0.4, 0.5) is 5.69 Å². The molecule has 18 heavy (non-hydrogen) atoms. The molecule has 0 spiro atoms. The molecule has 2 N–H and O–H groups in total. The summed E-state index contributed by atoms with van der Waals surface area (Å²) in [6.07, 6.45) is 0. The molecule has 0 saturated heterocycles. The number of benzene rings is 1. The molecule has 1 unspecified atom stereocenters. The molecule has 1 aromatic rings. The van der Waals surface area contributed by atoms with Crippen LogP contribution in [-0.4, -0.2) is 18.3 Å². The standard InChI is InChI=1S/C16H27NO/c1-12(2)13(11-18)10-17-15-9-7-6-8-14(15)16(3,4)5/h6-9,12-13,17-18H,10-11H2,1-5H3. The van der Waals surface area contributed by atoms with Crippen LogP contribution in [0.15, 0.2) is 24.3 Å². The minimum atomic E-state index is 0.135. The second kappa shape index (κ2) is 6.24. The summed E-state index contributed by atoms with van der Waals surface area (Å²) in [4.78, 5) is 0. The van der Waals surface area contributed by atoms with Crippen LogP contribution in [-0.2, 0) is 5.41 Å². The fraction of sp³-hybridized carbons (Fsp3) is 0.625. The highest BCUT2D eigenvalue weighted by Crippen LogP contribution is 2.29. The van der Waals surface area contributed by atoms with E-state index in [1.807, 2.05) is 0 Å². The third-order valence-corrected chi connectivity index (χ3v) is 3.47. The van der Waals surface area contributed by atoms with Gasteiger partial charge in [-0.1, -0.05) is 52.8 Å². The Labute approximate surface area is 111 Å². The zero-order valence-electron chi connectivity index (χ0n) is 12.3. The third-order valence-electron chi connectivity index (χ3n) is 3.47. The first-order valence-electron chi connectivity index (χ1n) is 6.80. The molecule has 0 heterocycles. The van der Waals surface area contributed by atoms with Crippen LogP contribution in [0, 0.1) is 11.8 Å². The Kier molecular flexibility index (Phi) is 5.21. The van der Waals surface area contributed by atoms with Crippen molar-refractivity contribution in [1.29, 1.82) is 0 Å². The van der Waals surface area contributed by atoms with Gasteiger partial charge in [-0.25, -0.2) is 0 Å². The van der Waals surface area contributed by atoms with E-state index < -0.39 is 0 Å². The maximum atomic E-state index is 9.36. The third kappa shape index (κ3) is 4.02. The van der Waals surface area contributed by atoms with Crippen LogP contribution in [0.25, 0.3) is 0 Å². The van der Waals surface area contributed by atoms with Gasteiger partial charge in [-0.3, -0.25) is 0 Å². The Balaban J connectivity index is 2.79. The van der Waals surface area contributed by atoms with Crippen LogP contribution in [0.2, 0.25) is 0 Å². The molecule has 0 bridgehead atoms. The van der Waals surface area contributed by atoms with E-state index in [2.05, 4.69) is 64.2 Å². The van der Waals surface area contributed by atoms with Gasteiger partial charge in [-0.15, -0.1) is 0 Å². The lowest BCUT2D eigenvalue weighted by Crippen LogP contribution is -2.24. The van der Waals surface area contributed by atoms with Crippen molar-refractivity contribution >= 4 is 5.69 Å². The topological polar surface area (TPSA) is 32.3 Å². The summed E-state index contributed by atoms with van der Waals surface area (Å²) < 4.78 is 0. The number of hydrogen-bond acceptors (Lipinski definition) is 2. The molecule has 2 heteroatoms. The van der Waals surface area contributed by atoms with Gasteiger partial charge in [0.2, 0.25) is 0 Å². The van der Waals surface area contributed by atoms with Gasteiger partial charge < -0.3 is 10.4 Å². The number of aliphatic hydroxyl groups is 1. The Morgan fingerprint density at radius 1 is 1.17 bits per heavy atom. The van der Waals surface area contributed by atoms with Gasteiger partial charge in [-0.05, 0) is 23.0 Å². The molecule has 0 radical (unpaired) electrons. The first kappa shape index (κ1) is 15.0. The number of aliphatic hydroxyl groups excluding tert-OH is 1. The SMILES string of the molecule is CC(C)C(CO)CNc1ccccc1C(C)(C)C. The summed E-state index contributed by atoms with van der Waals surface area (Å²) in [5.74, 6) is 0.794. The van der Waals surface area contributed by atoms with Crippen LogP contribution in [0.5, 0.6) is 0 Å². The van der Waals surface area contributed by atoms with E-state index in [-0.39, 0.29) is 12.0 Å². The summed E-state index contributed by atoms with van der Waals surface area (Å²) in [5.41, 5.74) is 2.64. The van der Waals surface area contributed by atoms with Crippen molar-refractivity contribution in [3.63, 3.8) is 0 Å². The fourth-order valence-corrected chi connectivity index (χ4v) is 2.04. The molecule has 1 rings (SSSR count). The van der Waals surface area contributed by atoms with Crippen LogP contribution in [0.3, 0.4) is 0 Å². The fourth-order valence-electron chi connectivity index (χ4n) is 2.04. The highest BCUT2D eigenvalue weighted by Gasteiger charge is 2.18. The Morgan fingerprint density at radius 2 is 1.78 bits per heavy atom. The van der Waals surface area contributed by atoms with E-state index in [1.165, 1.54) is 11.3 Å². The summed E-state index contributed by atoms with van der Waals surface area (Å²) in [6.45, 7) is 12.0. The van der Waals surface area contributed by atoms with Crippen molar-refractivity contribution in [3.8, 4) is 0 Å². The van der Waals surface area contributed by atoms with E-state index >= 15 is 0 Å². The van der Waals surface area contributed by atoms with Crippen molar-refractivity contribution in [3.05, 3.63) is 29.8 Å². The highest BCUT2D eigenvalue weighted by molar-refractivity contribution is 5.54. The minimum Gasteiger partial charge on any atom is -0.396 e. The number of nitrogens with one attached hydrogen (secondary N) is 1. The van der Waals surface area contributed by atoms with Crippen molar-refractivity contribution in [1.82, 2.24) is 0 Å². The molecule has 0 aliphatic heterocycles. The van der Waals surface area contributed by atoms with Crippen LogP contribution in [0.1, 0.15) is 40.2 Å². The molecular formula is C16H27NO. The maximum absolute atomic E-state index is 9.36. The number of hydrogen-bond donors (Lipinski definition) is 2. The van der Waals surface area contributed by atoms with E-state index in [0.29, 0.717) is 11.8 Å². The monoisotopic (exact) mass is 249 g/mol. The van der Waals surface area contributed by atoms with E-state index in [9.17, 15) is 5.11 Å². The molecule has 2 nitrogen and oxygen atoms in total. The molecule has 1 aromatic carbocycles. The van der Waals surface area contributed by atoms with E-state index in [1.54, 1.807) is 0 Å². The summed E-state index contributed by atoms with van der Waals surface area (Å²) in [6, 6.07) is 8.43. The van der Waals surface area contributed by atoms with Crippen molar-refractivity contribution in [2.45, 2.75) is 40.0 Å². The molecule has 0 fully saturated rings. The largest absolute Gasteiger partial charge is 0.396 e. The predicted octanol–water partition coefficient (Wildman–Crippen LogP) is 3.66. The molecule has 0 aliphatic rings. The molecule has 102 valence electrons. The highest BCUT2D eigenvalue weighted by atomic mass is 16.3. The minimum absolute atomic E-state index is 0.135. The zero-order valence-corrected chi connectivity index (χ0v) is 12.3. The maximum Gasteiger partial charge on any atom is 0.0478 e. The average molecular weight is 249 g/mol. The quantitative estimate of drug-likeness (QED) is 0.834. The van der Waals surface area contributed by atoms with E-state index in [4.69, 9.17) is 0 Å². The van der Waals surface area contributed by atoms with E-state index in [0.717, 1.165) is 6.54 Å².